The second-order valence-corrected chi connectivity index (χ2v) is 8.15. The maximum atomic E-state index is 13.3. The minimum atomic E-state index is -0.258. The van der Waals surface area contributed by atoms with Gasteiger partial charge < -0.3 is 10.3 Å². The zero-order valence-electron chi connectivity index (χ0n) is 16.3. The first kappa shape index (κ1) is 19.6. The summed E-state index contributed by atoms with van der Waals surface area (Å²) in [5, 5.41) is 3.18. The van der Waals surface area contributed by atoms with Gasteiger partial charge in [-0.1, -0.05) is 65.7 Å². The molecule has 8 heteroatoms. The second kappa shape index (κ2) is 7.72. The number of nitrogens with two attached hydrogens (primary N) is 1. The third-order valence-corrected chi connectivity index (χ3v) is 5.99. The molecule has 6 nitrogen and oxygen atoms in total. The fraction of sp³-hybridized carbons (Fsp3) is 0.0870. The largest absolute Gasteiger partial charge is 0.369 e. The van der Waals surface area contributed by atoms with Crippen LogP contribution in [0.4, 0.5) is 5.95 Å². The number of aromatic nitrogens is 4. The molecule has 31 heavy (non-hydrogen) atoms. The van der Waals surface area contributed by atoms with Gasteiger partial charge in [0.25, 0.3) is 5.56 Å². The van der Waals surface area contributed by atoms with E-state index in [4.69, 9.17) is 28.9 Å². The summed E-state index contributed by atoms with van der Waals surface area (Å²) in [4.78, 5) is 21.9. The van der Waals surface area contributed by atoms with Crippen LogP contribution in [0.5, 0.6) is 0 Å². The van der Waals surface area contributed by atoms with E-state index < -0.39 is 0 Å². The van der Waals surface area contributed by atoms with Gasteiger partial charge >= 0.3 is 0 Å². The summed E-state index contributed by atoms with van der Waals surface area (Å²) in [7, 11) is 0. The average Bonchev–Trinajstić information content (AvgIpc) is 3.16. The number of imidazole rings is 1. The minimum Gasteiger partial charge on any atom is -0.369 e. The summed E-state index contributed by atoms with van der Waals surface area (Å²) in [6, 6.07) is 19.6. The molecule has 3 aromatic carbocycles. The van der Waals surface area contributed by atoms with Gasteiger partial charge in [-0.15, -0.1) is 0 Å². The summed E-state index contributed by atoms with van der Waals surface area (Å²) < 4.78 is 3.22. The Morgan fingerprint density at radius 2 is 1.61 bits per heavy atom. The molecule has 0 spiro atoms. The average molecular weight is 450 g/mol. The molecule has 2 heterocycles. The van der Waals surface area contributed by atoms with E-state index in [1.807, 2.05) is 18.2 Å². The van der Waals surface area contributed by atoms with Crippen LogP contribution in [-0.4, -0.2) is 19.1 Å². The molecular weight excluding hydrogens is 433 g/mol. The number of rotatable bonds is 4. The maximum absolute atomic E-state index is 13.3. The third-order valence-electron chi connectivity index (χ3n) is 5.25. The number of hydrogen-bond donors (Lipinski definition) is 1. The van der Waals surface area contributed by atoms with E-state index in [1.165, 1.54) is 9.95 Å². The van der Waals surface area contributed by atoms with Crippen LogP contribution in [0.1, 0.15) is 11.1 Å². The van der Waals surface area contributed by atoms with Crippen molar-refractivity contribution in [2.45, 2.75) is 13.1 Å². The van der Waals surface area contributed by atoms with Crippen molar-refractivity contribution in [3.05, 3.63) is 98.5 Å². The molecule has 0 radical (unpaired) electrons. The van der Waals surface area contributed by atoms with Crippen LogP contribution in [-0.2, 0) is 13.1 Å². The Kier molecular flexibility index (Phi) is 4.88. The molecule has 2 aromatic heterocycles. The van der Waals surface area contributed by atoms with Crippen molar-refractivity contribution in [1.29, 1.82) is 0 Å². The SMILES string of the molecule is Nc1nc2ncn(Cc3ccc4ccccc4c3)c2c(=O)n1Cc1ccc(Cl)c(Cl)c1. The Morgan fingerprint density at radius 3 is 2.42 bits per heavy atom. The Balaban J connectivity index is 1.56. The van der Waals surface area contributed by atoms with Crippen molar-refractivity contribution in [3.8, 4) is 0 Å². The number of fused-ring (bicyclic) bond motifs is 2. The Bertz CT molecular complexity index is 1510. The first-order valence-electron chi connectivity index (χ1n) is 9.62. The molecule has 0 saturated heterocycles. The molecule has 5 rings (SSSR count). The molecule has 5 aromatic rings. The topological polar surface area (TPSA) is 78.7 Å². The number of nitrogens with zero attached hydrogens (tertiary/aromatic N) is 4. The summed E-state index contributed by atoms with van der Waals surface area (Å²) in [5.74, 6) is 0.0968. The van der Waals surface area contributed by atoms with Crippen LogP contribution in [0.25, 0.3) is 21.9 Å². The van der Waals surface area contributed by atoms with Crippen molar-refractivity contribution < 1.29 is 0 Å². The first-order valence-corrected chi connectivity index (χ1v) is 10.4. The number of halogens is 2. The number of benzene rings is 3. The van der Waals surface area contributed by atoms with Crippen molar-refractivity contribution in [2.24, 2.45) is 0 Å². The molecule has 0 saturated carbocycles. The molecule has 154 valence electrons. The molecule has 2 N–H and O–H groups in total. The van der Waals surface area contributed by atoms with Crippen molar-refractivity contribution in [2.75, 3.05) is 5.73 Å². The van der Waals surface area contributed by atoms with E-state index in [9.17, 15) is 4.79 Å². The van der Waals surface area contributed by atoms with Crippen LogP contribution in [0.15, 0.2) is 71.8 Å². The van der Waals surface area contributed by atoms with Crippen LogP contribution in [0.3, 0.4) is 0 Å². The Labute approximate surface area is 187 Å². The first-order chi connectivity index (χ1) is 15.0. The van der Waals surface area contributed by atoms with Gasteiger partial charge in [0.1, 0.15) is 0 Å². The molecule has 0 amide bonds. The highest BCUT2D eigenvalue weighted by atomic mass is 35.5. The van der Waals surface area contributed by atoms with Crippen LogP contribution < -0.4 is 11.3 Å². The highest BCUT2D eigenvalue weighted by Crippen LogP contribution is 2.23. The standard InChI is InChI=1S/C23H17Cl2N5O/c24-18-8-6-15(10-19(18)25)12-30-22(31)20-21(28-23(30)26)27-13-29(20)11-14-5-7-16-3-1-2-4-17(16)9-14/h1-10,13H,11-12H2,(H2,26,28). The van der Waals surface area contributed by atoms with E-state index in [1.54, 1.807) is 29.1 Å². The molecule has 0 aliphatic rings. The van der Waals surface area contributed by atoms with Gasteiger partial charge in [-0.3, -0.25) is 9.36 Å². The van der Waals surface area contributed by atoms with Crippen LogP contribution >= 0.6 is 23.2 Å². The lowest BCUT2D eigenvalue weighted by Gasteiger charge is -2.11. The highest BCUT2D eigenvalue weighted by Gasteiger charge is 2.15. The molecule has 0 fully saturated rings. The molecular formula is C23H17Cl2N5O. The fourth-order valence-corrected chi connectivity index (χ4v) is 4.02. The highest BCUT2D eigenvalue weighted by molar-refractivity contribution is 6.42. The summed E-state index contributed by atoms with van der Waals surface area (Å²) in [5.41, 5.74) is 8.40. The molecule has 0 atom stereocenters. The second-order valence-electron chi connectivity index (χ2n) is 7.34. The summed E-state index contributed by atoms with van der Waals surface area (Å²) >= 11 is 12.1. The van der Waals surface area contributed by atoms with E-state index in [0.717, 1.165) is 16.5 Å². The van der Waals surface area contributed by atoms with Crippen LogP contribution in [0.2, 0.25) is 10.0 Å². The predicted octanol–water partition coefficient (Wildman–Crippen LogP) is 4.73. The molecule has 0 bridgehead atoms. The predicted molar refractivity (Wildman–Crippen MR) is 125 cm³/mol. The third kappa shape index (κ3) is 3.65. The Morgan fingerprint density at radius 1 is 0.871 bits per heavy atom. The molecule has 0 aliphatic carbocycles. The van der Waals surface area contributed by atoms with Gasteiger partial charge in [0.15, 0.2) is 11.2 Å². The van der Waals surface area contributed by atoms with Gasteiger partial charge in [0.05, 0.1) is 22.9 Å². The van der Waals surface area contributed by atoms with Crippen molar-refractivity contribution >= 4 is 51.1 Å². The number of nitrogen functional groups attached to an aromatic ring is 1. The lowest BCUT2D eigenvalue weighted by atomic mass is 10.1. The summed E-state index contributed by atoms with van der Waals surface area (Å²) in [6.45, 7) is 0.723. The Hall–Kier alpha value is -3.35. The quantitative estimate of drug-likeness (QED) is 0.429. The zero-order valence-corrected chi connectivity index (χ0v) is 17.8. The number of hydrogen-bond acceptors (Lipinski definition) is 4. The zero-order chi connectivity index (χ0) is 21.5. The summed E-state index contributed by atoms with van der Waals surface area (Å²) in [6.07, 6.45) is 1.62. The van der Waals surface area contributed by atoms with E-state index >= 15 is 0 Å². The molecule has 0 unspecified atom stereocenters. The monoisotopic (exact) mass is 449 g/mol. The minimum absolute atomic E-state index is 0.0968. The van der Waals surface area contributed by atoms with E-state index in [0.29, 0.717) is 27.8 Å². The maximum Gasteiger partial charge on any atom is 0.281 e. The van der Waals surface area contributed by atoms with Crippen molar-refractivity contribution in [3.63, 3.8) is 0 Å². The van der Waals surface area contributed by atoms with E-state index in [2.05, 4.69) is 34.2 Å². The number of anilines is 1. The molecule has 0 aliphatic heterocycles. The van der Waals surface area contributed by atoms with Gasteiger partial charge in [-0.2, -0.15) is 4.98 Å². The van der Waals surface area contributed by atoms with Crippen LogP contribution in [0, 0.1) is 0 Å². The van der Waals surface area contributed by atoms with E-state index in [-0.39, 0.29) is 18.1 Å². The van der Waals surface area contributed by atoms with Gasteiger partial charge in [-0.25, -0.2) is 4.98 Å². The van der Waals surface area contributed by atoms with Gasteiger partial charge in [0, 0.05) is 6.54 Å². The van der Waals surface area contributed by atoms with Gasteiger partial charge in [0.2, 0.25) is 5.95 Å². The smallest absolute Gasteiger partial charge is 0.281 e. The normalized spacial score (nSPS) is 11.4. The van der Waals surface area contributed by atoms with Gasteiger partial charge in [-0.05, 0) is 40.1 Å². The lowest BCUT2D eigenvalue weighted by molar-refractivity contribution is 0.748. The van der Waals surface area contributed by atoms with Crippen molar-refractivity contribution in [1.82, 2.24) is 19.1 Å². The lowest BCUT2D eigenvalue weighted by Crippen LogP contribution is -2.26. The fourth-order valence-electron chi connectivity index (χ4n) is 3.70.